The maximum absolute atomic E-state index is 14.5. The van der Waals surface area contributed by atoms with E-state index in [1.807, 2.05) is 27.7 Å². The van der Waals surface area contributed by atoms with Crippen LogP contribution in [-0.2, 0) is 29.2 Å². The number of sulfonamides is 1. The highest BCUT2D eigenvalue weighted by atomic mass is 32.2. The number of Topliss-reactive ketones (excluding diaryl/α,β-unsaturated/α-hetero) is 1. The van der Waals surface area contributed by atoms with Crippen molar-refractivity contribution in [2.75, 3.05) is 26.7 Å². The average molecular weight is 707 g/mol. The van der Waals surface area contributed by atoms with Gasteiger partial charge in [-0.05, 0) is 55.8 Å². The van der Waals surface area contributed by atoms with E-state index in [-0.39, 0.29) is 24.8 Å². The molecule has 0 radical (unpaired) electrons. The second-order valence-electron chi connectivity index (χ2n) is 15.6. The Morgan fingerprint density at radius 1 is 1.00 bits per heavy atom. The molecule has 13 nitrogen and oxygen atoms in total. The summed E-state index contributed by atoms with van der Waals surface area (Å²) in [6, 6.07) is -3.51. The summed E-state index contributed by atoms with van der Waals surface area (Å²) in [5, 5.41) is 10.6. The molecule has 0 bridgehead atoms. The van der Waals surface area contributed by atoms with Gasteiger partial charge < -0.3 is 26.2 Å². The summed E-state index contributed by atoms with van der Waals surface area (Å²) in [6.07, 6.45) is 9.72. The Morgan fingerprint density at radius 3 is 2.29 bits per heavy atom. The minimum Gasteiger partial charge on any atom is -0.346 e. The number of ketones is 1. The number of rotatable bonds is 13. The van der Waals surface area contributed by atoms with Gasteiger partial charge in [-0.25, -0.2) is 17.5 Å². The van der Waals surface area contributed by atoms with Crippen molar-refractivity contribution in [2.45, 2.75) is 134 Å². The molecular formula is C35H58N6O7S. The molecule has 4 aliphatic rings. The lowest BCUT2D eigenvalue weighted by Gasteiger charge is -2.43. The smallest absolute Gasteiger partial charge is 0.315 e. The third-order valence-corrected chi connectivity index (χ3v) is 13.6. The lowest BCUT2D eigenvalue weighted by molar-refractivity contribution is -0.144. The standard InChI is InChI=1S/C35H58N6O7S/c1-7-9-16-25(28(42)31(44)36-20-8-2)37-30(43)27-24-15-13-14-23(24)22-41(27)32(45)29(34(3,4)5)38-33(46)39-35(18-11-10-12-19-35)26-17-21-40(6)49(26,47)48/h8,23-27,29H,2,7,9-22H2,1,3-6H3,(H,36,44)(H,37,43)(H2,38,39,46)/t23-,24-,25-,26-,27-,29+/m0/s1. The Balaban J connectivity index is 1.56. The molecule has 2 heterocycles. The van der Waals surface area contributed by atoms with E-state index in [9.17, 15) is 32.4 Å². The van der Waals surface area contributed by atoms with E-state index in [1.165, 1.54) is 10.4 Å². The zero-order valence-electron chi connectivity index (χ0n) is 30.0. The van der Waals surface area contributed by atoms with Crippen LogP contribution in [0.2, 0.25) is 0 Å². The highest BCUT2D eigenvalue weighted by molar-refractivity contribution is 7.90. The monoisotopic (exact) mass is 706 g/mol. The van der Waals surface area contributed by atoms with Gasteiger partial charge in [0.05, 0.1) is 16.8 Å². The highest BCUT2D eigenvalue weighted by Gasteiger charge is 2.54. The molecule has 2 aliphatic heterocycles. The molecule has 0 aromatic carbocycles. The predicted octanol–water partition coefficient (Wildman–Crippen LogP) is 2.61. The van der Waals surface area contributed by atoms with Crippen molar-refractivity contribution in [3.05, 3.63) is 12.7 Å². The quantitative estimate of drug-likeness (QED) is 0.168. The van der Waals surface area contributed by atoms with Gasteiger partial charge in [-0.1, -0.05) is 72.3 Å². The fourth-order valence-electron chi connectivity index (χ4n) is 8.48. The van der Waals surface area contributed by atoms with Gasteiger partial charge in [-0.15, -0.1) is 6.58 Å². The summed E-state index contributed by atoms with van der Waals surface area (Å²) in [5.41, 5.74) is -1.70. The molecular weight excluding hydrogens is 648 g/mol. The van der Waals surface area contributed by atoms with E-state index in [2.05, 4.69) is 27.8 Å². The third kappa shape index (κ3) is 8.49. The number of amides is 5. The molecule has 2 aliphatic carbocycles. The number of carbonyl (C=O) groups excluding carboxylic acids is 5. The van der Waals surface area contributed by atoms with Gasteiger partial charge in [0.15, 0.2) is 0 Å². The Hall–Kier alpha value is -3.00. The number of carbonyl (C=O) groups is 5. The fraction of sp³-hybridized carbons (Fsp3) is 0.800. The van der Waals surface area contributed by atoms with Crippen molar-refractivity contribution in [1.29, 1.82) is 0 Å². The molecule has 0 spiro atoms. The first-order chi connectivity index (χ1) is 23.1. The number of hydrogen-bond donors (Lipinski definition) is 4. The number of urea groups is 1. The van der Waals surface area contributed by atoms with Crippen LogP contribution >= 0.6 is 0 Å². The van der Waals surface area contributed by atoms with E-state index >= 15 is 0 Å². The molecule has 0 aromatic heterocycles. The molecule has 14 heteroatoms. The minimum absolute atomic E-state index is 0.102. The number of nitrogens with one attached hydrogen (secondary N) is 4. The Kier molecular flexibility index (Phi) is 12.6. The molecule has 276 valence electrons. The largest absolute Gasteiger partial charge is 0.346 e. The lowest BCUT2D eigenvalue weighted by Crippen LogP contribution is -2.65. The van der Waals surface area contributed by atoms with Gasteiger partial charge in [0.2, 0.25) is 27.6 Å². The highest BCUT2D eigenvalue weighted by Crippen LogP contribution is 2.43. The first kappa shape index (κ1) is 38.8. The third-order valence-electron chi connectivity index (χ3n) is 11.2. The number of nitrogens with zero attached hydrogens (tertiary/aromatic N) is 2. The molecule has 49 heavy (non-hydrogen) atoms. The molecule has 4 fully saturated rings. The second-order valence-corrected chi connectivity index (χ2v) is 17.8. The van der Waals surface area contributed by atoms with Crippen LogP contribution in [0.3, 0.4) is 0 Å². The van der Waals surface area contributed by atoms with Gasteiger partial charge in [0.25, 0.3) is 5.91 Å². The molecule has 4 N–H and O–H groups in total. The molecule has 2 saturated heterocycles. The summed E-state index contributed by atoms with van der Waals surface area (Å²) in [7, 11) is -2.03. The van der Waals surface area contributed by atoms with Gasteiger partial charge in [0, 0.05) is 26.7 Å². The fourth-order valence-corrected chi connectivity index (χ4v) is 10.5. The van der Waals surface area contributed by atoms with Crippen molar-refractivity contribution in [1.82, 2.24) is 30.5 Å². The number of hydrogen-bond acceptors (Lipinski definition) is 7. The first-order valence-electron chi connectivity index (χ1n) is 18.1. The predicted molar refractivity (Wildman–Crippen MR) is 187 cm³/mol. The Labute approximate surface area is 292 Å². The van der Waals surface area contributed by atoms with E-state index in [0.29, 0.717) is 38.8 Å². The van der Waals surface area contributed by atoms with Crippen LogP contribution in [0.1, 0.15) is 105 Å². The minimum atomic E-state index is -3.60. The van der Waals surface area contributed by atoms with Crippen molar-refractivity contribution in [3.63, 3.8) is 0 Å². The van der Waals surface area contributed by atoms with E-state index in [1.54, 1.807) is 11.9 Å². The molecule has 0 aromatic rings. The van der Waals surface area contributed by atoms with Crippen molar-refractivity contribution in [3.8, 4) is 0 Å². The number of fused-ring (bicyclic) bond motifs is 1. The van der Waals surface area contributed by atoms with E-state index < -0.39 is 73.9 Å². The van der Waals surface area contributed by atoms with Crippen molar-refractivity contribution in [2.24, 2.45) is 17.3 Å². The van der Waals surface area contributed by atoms with Gasteiger partial charge in [-0.3, -0.25) is 19.2 Å². The van der Waals surface area contributed by atoms with Crippen molar-refractivity contribution < 1.29 is 32.4 Å². The van der Waals surface area contributed by atoms with Gasteiger partial charge in [0.1, 0.15) is 12.1 Å². The van der Waals surface area contributed by atoms with Crippen LogP contribution < -0.4 is 21.3 Å². The van der Waals surface area contributed by atoms with E-state index in [0.717, 1.165) is 44.9 Å². The van der Waals surface area contributed by atoms with Crippen LogP contribution in [-0.4, -0.2) is 103 Å². The normalized spacial score (nSPS) is 27.4. The molecule has 5 amide bonds. The first-order valence-corrected chi connectivity index (χ1v) is 19.6. The SMILES string of the molecule is C=CCNC(=O)C(=O)[C@H](CCCC)NC(=O)[C@@H]1[C@H]2CCC[C@H]2CN1C(=O)[C@@H](NC(=O)NC1([C@@H]2CCN(C)S2(=O)=O)CCCCC1)C(C)(C)C. The second kappa shape index (κ2) is 15.9. The van der Waals surface area contributed by atoms with Crippen LogP contribution in [0.25, 0.3) is 0 Å². The van der Waals surface area contributed by atoms with Gasteiger partial charge >= 0.3 is 6.03 Å². The Morgan fingerprint density at radius 2 is 1.69 bits per heavy atom. The summed E-state index contributed by atoms with van der Waals surface area (Å²) in [6.45, 7) is 11.9. The number of likely N-dealkylation sites (tertiary alicyclic amines) is 1. The summed E-state index contributed by atoms with van der Waals surface area (Å²) in [5.74, 6) is -2.41. The number of unbranched alkanes of at least 4 members (excludes halogenated alkanes) is 1. The van der Waals surface area contributed by atoms with Crippen molar-refractivity contribution >= 4 is 39.6 Å². The summed E-state index contributed by atoms with van der Waals surface area (Å²) < 4.78 is 28.0. The molecule has 2 saturated carbocycles. The zero-order valence-corrected chi connectivity index (χ0v) is 30.8. The molecule has 0 unspecified atom stereocenters. The van der Waals surface area contributed by atoms with Crippen LogP contribution in [0.5, 0.6) is 0 Å². The average Bonchev–Trinajstić information content (AvgIpc) is 3.72. The maximum Gasteiger partial charge on any atom is 0.315 e. The molecule has 6 atom stereocenters. The van der Waals surface area contributed by atoms with Gasteiger partial charge in [-0.2, -0.15) is 0 Å². The van der Waals surface area contributed by atoms with Crippen LogP contribution in [0.15, 0.2) is 12.7 Å². The zero-order chi connectivity index (χ0) is 36.1. The van der Waals surface area contributed by atoms with Crippen LogP contribution in [0.4, 0.5) is 4.79 Å². The summed E-state index contributed by atoms with van der Waals surface area (Å²) in [4.78, 5) is 69.7. The Bertz CT molecular complexity index is 1370. The molecule has 4 rings (SSSR count). The van der Waals surface area contributed by atoms with Crippen LogP contribution in [0, 0.1) is 17.3 Å². The maximum atomic E-state index is 14.5. The van der Waals surface area contributed by atoms with E-state index in [4.69, 9.17) is 0 Å². The topological polar surface area (TPSA) is 174 Å². The lowest BCUT2D eigenvalue weighted by atomic mass is 9.78. The summed E-state index contributed by atoms with van der Waals surface area (Å²) >= 11 is 0.